The third kappa shape index (κ3) is 4.71. The molecule has 19 heavy (non-hydrogen) atoms. The molecule has 3 unspecified atom stereocenters. The summed E-state index contributed by atoms with van der Waals surface area (Å²) in [6, 6.07) is 1.29. The summed E-state index contributed by atoms with van der Waals surface area (Å²) in [5.41, 5.74) is 0. The summed E-state index contributed by atoms with van der Waals surface area (Å²) in [5.74, 6) is 0. The van der Waals surface area contributed by atoms with Crippen molar-refractivity contribution in [2.24, 2.45) is 0 Å². The molecule has 0 aromatic rings. The van der Waals surface area contributed by atoms with E-state index in [4.69, 9.17) is 4.74 Å². The second-order valence-electron chi connectivity index (χ2n) is 6.69. The lowest BCUT2D eigenvalue weighted by molar-refractivity contribution is 0.0258. The van der Waals surface area contributed by atoms with E-state index in [2.05, 4.69) is 43.1 Å². The predicted octanol–water partition coefficient (Wildman–Crippen LogP) is 1.17. The van der Waals surface area contributed by atoms with Crippen LogP contribution in [-0.2, 0) is 4.74 Å². The summed E-state index contributed by atoms with van der Waals surface area (Å²) >= 11 is 0. The molecule has 2 fully saturated rings. The number of rotatable bonds is 6. The third-order valence-corrected chi connectivity index (χ3v) is 4.39. The Hall–Kier alpha value is -0.160. The normalized spacial score (nSPS) is 32.8. The van der Waals surface area contributed by atoms with Crippen LogP contribution in [0.5, 0.6) is 0 Å². The number of nitrogens with one attached hydrogen (secondary N) is 1. The van der Waals surface area contributed by atoms with Crippen LogP contribution in [-0.4, -0.2) is 74.4 Å². The van der Waals surface area contributed by atoms with Gasteiger partial charge in [0.25, 0.3) is 0 Å². The monoisotopic (exact) mass is 269 g/mol. The molecule has 0 bridgehead atoms. The van der Waals surface area contributed by atoms with Gasteiger partial charge in [-0.15, -0.1) is 0 Å². The van der Waals surface area contributed by atoms with E-state index < -0.39 is 0 Å². The lowest BCUT2D eigenvalue weighted by Crippen LogP contribution is -2.36. The van der Waals surface area contributed by atoms with Gasteiger partial charge in [0, 0.05) is 31.7 Å². The lowest BCUT2D eigenvalue weighted by atomic mass is 10.2. The van der Waals surface area contributed by atoms with Gasteiger partial charge >= 0.3 is 0 Å². The molecule has 0 radical (unpaired) electrons. The van der Waals surface area contributed by atoms with Gasteiger partial charge in [-0.05, 0) is 39.9 Å². The molecule has 0 spiro atoms. The Morgan fingerprint density at radius 2 is 1.95 bits per heavy atom. The fourth-order valence-corrected chi connectivity index (χ4v) is 3.12. The van der Waals surface area contributed by atoms with Crippen LogP contribution in [0.4, 0.5) is 0 Å². The van der Waals surface area contributed by atoms with E-state index in [0.29, 0.717) is 18.2 Å². The van der Waals surface area contributed by atoms with Crippen LogP contribution >= 0.6 is 0 Å². The number of ether oxygens (including phenoxy) is 1. The molecule has 2 saturated heterocycles. The summed E-state index contributed by atoms with van der Waals surface area (Å²) in [5, 5.41) is 3.48. The van der Waals surface area contributed by atoms with Crippen LogP contribution < -0.4 is 5.32 Å². The fourth-order valence-electron chi connectivity index (χ4n) is 3.12. The smallest absolute Gasteiger partial charge is 0.0707 e. The first-order valence-corrected chi connectivity index (χ1v) is 7.82. The number of likely N-dealkylation sites (N-methyl/N-ethyl adjacent to an activating group) is 1. The Balaban J connectivity index is 1.65. The summed E-state index contributed by atoms with van der Waals surface area (Å²) in [6.07, 6.45) is 4.64. The van der Waals surface area contributed by atoms with Crippen molar-refractivity contribution in [3.05, 3.63) is 0 Å². The average Bonchev–Trinajstić information content (AvgIpc) is 2.96. The molecule has 1 N–H and O–H groups in total. The molecule has 0 aromatic carbocycles. The molecule has 0 aliphatic carbocycles. The van der Waals surface area contributed by atoms with Crippen LogP contribution in [0.2, 0.25) is 0 Å². The second-order valence-corrected chi connectivity index (χ2v) is 6.69. The maximum Gasteiger partial charge on any atom is 0.0707 e. The summed E-state index contributed by atoms with van der Waals surface area (Å²) in [4.78, 5) is 4.93. The minimum absolute atomic E-state index is 0.430. The van der Waals surface area contributed by atoms with E-state index in [1.54, 1.807) is 0 Å². The van der Waals surface area contributed by atoms with Gasteiger partial charge in [0.15, 0.2) is 0 Å². The van der Waals surface area contributed by atoms with Gasteiger partial charge in [-0.3, -0.25) is 4.90 Å². The van der Waals surface area contributed by atoms with Crippen LogP contribution in [0.1, 0.15) is 33.1 Å². The molecule has 2 rings (SSSR count). The molecule has 0 saturated carbocycles. The Kier molecular flexibility index (Phi) is 5.63. The number of likely N-dealkylation sites (tertiary alicyclic amines) is 1. The number of hydrogen-bond acceptors (Lipinski definition) is 4. The largest absolute Gasteiger partial charge is 0.372 e. The molecule has 4 heteroatoms. The van der Waals surface area contributed by atoms with Crippen LogP contribution in [0.15, 0.2) is 0 Å². The highest BCUT2D eigenvalue weighted by Gasteiger charge is 2.30. The van der Waals surface area contributed by atoms with Crippen molar-refractivity contribution in [3.63, 3.8) is 0 Å². The topological polar surface area (TPSA) is 27.7 Å². The first-order valence-electron chi connectivity index (χ1n) is 7.82. The maximum absolute atomic E-state index is 6.15. The third-order valence-electron chi connectivity index (χ3n) is 4.39. The molecular formula is C15H31N3O. The van der Waals surface area contributed by atoms with Crippen LogP contribution in [0.25, 0.3) is 0 Å². The van der Waals surface area contributed by atoms with E-state index in [1.807, 2.05) is 0 Å². The minimum Gasteiger partial charge on any atom is -0.372 e. The first-order chi connectivity index (χ1) is 9.04. The van der Waals surface area contributed by atoms with Crippen molar-refractivity contribution in [1.29, 1.82) is 0 Å². The molecule has 2 heterocycles. The SMILES string of the molecule is CC(C)NCC1CCC(CN2CCC(N(C)C)C2)O1. The molecule has 2 aliphatic heterocycles. The molecular weight excluding hydrogens is 238 g/mol. The quantitative estimate of drug-likeness (QED) is 0.783. The van der Waals surface area contributed by atoms with Crippen molar-refractivity contribution in [3.8, 4) is 0 Å². The van der Waals surface area contributed by atoms with Crippen molar-refractivity contribution >= 4 is 0 Å². The van der Waals surface area contributed by atoms with Crippen molar-refractivity contribution in [2.45, 2.75) is 57.4 Å². The van der Waals surface area contributed by atoms with Gasteiger partial charge in [-0.1, -0.05) is 13.8 Å². The van der Waals surface area contributed by atoms with Crippen molar-refractivity contribution in [1.82, 2.24) is 15.1 Å². The van der Waals surface area contributed by atoms with Gasteiger partial charge < -0.3 is 15.0 Å². The Morgan fingerprint density at radius 1 is 1.21 bits per heavy atom. The van der Waals surface area contributed by atoms with E-state index >= 15 is 0 Å². The Morgan fingerprint density at radius 3 is 2.58 bits per heavy atom. The Bertz CT molecular complexity index is 270. The zero-order chi connectivity index (χ0) is 13.8. The summed E-state index contributed by atoms with van der Waals surface area (Å²) in [7, 11) is 4.38. The van der Waals surface area contributed by atoms with Gasteiger partial charge in [-0.2, -0.15) is 0 Å². The fraction of sp³-hybridized carbons (Fsp3) is 1.00. The molecule has 112 valence electrons. The highest BCUT2D eigenvalue weighted by Crippen LogP contribution is 2.22. The molecule has 0 aromatic heterocycles. The highest BCUT2D eigenvalue weighted by molar-refractivity contribution is 4.85. The lowest BCUT2D eigenvalue weighted by Gasteiger charge is -2.23. The molecule has 2 aliphatic rings. The van der Waals surface area contributed by atoms with E-state index in [0.717, 1.165) is 19.1 Å². The highest BCUT2D eigenvalue weighted by atomic mass is 16.5. The van der Waals surface area contributed by atoms with Gasteiger partial charge in [-0.25, -0.2) is 0 Å². The molecule has 0 amide bonds. The zero-order valence-electron chi connectivity index (χ0n) is 13.1. The van der Waals surface area contributed by atoms with E-state index in [1.165, 1.54) is 32.4 Å². The maximum atomic E-state index is 6.15. The van der Waals surface area contributed by atoms with E-state index in [9.17, 15) is 0 Å². The standard InChI is InChI=1S/C15H31N3O/c1-12(2)16-9-14-5-6-15(19-14)11-18-8-7-13(10-18)17(3)4/h12-16H,5-11H2,1-4H3. The van der Waals surface area contributed by atoms with Crippen LogP contribution in [0, 0.1) is 0 Å². The zero-order valence-corrected chi connectivity index (χ0v) is 13.1. The van der Waals surface area contributed by atoms with Crippen molar-refractivity contribution < 1.29 is 4.74 Å². The molecule has 3 atom stereocenters. The van der Waals surface area contributed by atoms with Gasteiger partial charge in [0.05, 0.1) is 12.2 Å². The number of nitrogens with zero attached hydrogens (tertiary/aromatic N) is 2. The number of hydrogen-bond donors (Lipinski definition) is 1. The van der Waals surface area contributed by atoms with Crippen LogP contribution in [0.3, 0.4) is 0 Å². The Labute approximate surface area is 118 Å². The predicted molar refractivity (Wildman–Crippen MR) is 79.6 cm³/mol. The average molecular weight is 269 g/mol. The summed E-state index contributed by atoms with van der Waals surface area (Å²) in [6.45, 7) is 8.96. The minimum atomic E-state index is 0.430. The first kappa shape index (κ1) is 15.2. The molecule has 4 nitrogen and oxygen atoms in total. The van der Waals surface area contributed by atoms with Crippen molar-refractivity contribution in [2.75, 3.05) is 40.3 Å². The van der Waals surface area contributed by atoms with Gasteiger partial charge in [0.1, 0.15) is 0 Å². The second kappa shape index (κ2) is 7.02. The summed E-state index contributed by atoms with van der Waals surface area (Å²) < 4.78 is 6.15. The van der Waals surface area contributed by atoms with E-state index in [-0.39, 0.29) is 0 Å². The van der Waals surface area contributed by atoms with Gasteiger partial charge in [0.2, 0.25) is 0 Å².